The van der Waals surface area contributed by atoms with E-state index in [1.807, 2.05) is 0 Å². The number of carboxylic acids is 1. The van der Waals surface area contributed by atoms with Gasteiger partial charge in [0.05, 0.1) is 16.4 Å². The van der Waals surface area contributed by atoms with Gasteiger partial charge in [0.25, 0.3) is 0 Å². The van der Waals surface area contributed by atoms with Crippen molar-refractivity contribution in [2.75, 3.05) is 0 Å². The lowest BCUT2D eigenvalue weighted by Crippen LogP contribution is -2.23. The molecule has 0 amide bonds. The third kappa shape index (κ3) is 3.44. The minimum atomic E-state index is -1.08. The van der Waals surface area contributed by atoms with Crippen LogP contribution in [0.2, 0.25) is 0 Å². The van der Waals surface area contributed by atoms with Crippen LogP contribution in [0.5, 0.6) is 0 Å². The van der Waals surface area contributed by atoms with Crippen LogP contribution in [0.15, 0.2) is 29.2 Å². The first-order valence-electron chi connectivity index (χ1n) is 6.85. The SMILES string of the molecule is CCC1CCC(S(=O)c2cccc(C(=O)O)c2)CC1. The zero-order valence-corrected chi connectivity index (χ0v) is 12.0. The van der Waals surface area contributed by atoms with E-state index in [0.717, 1.165) is 31.6 Å². The van der Waals surface area contributed by atoms with Crippen LogP contribution in [0.1, 0.15) is 49.4 Å². The predicted molar refractivity (Wildman–Crippen MR) is 75.8 cm³/mol. The Morgan fingerprint density at radius 1 is 1.32 bits per heavy atom. The molecule has 0 bridgehead atoms. The highest BCUT2D eigenvalue weighted by Gasteiger charge is 2.25. The third-order valence-electron chi connectivity index (χ3n) is 3.99. The Bertz CT molecular complexity index is 476. The summed E-state index contributed by atoms with van der Waals surface area (Å²) in [4.78, 5) is 11.6. The Kier molecular flexibility index (Phi) is 4.75. The van der Waals surface area contributed by atoms with Crippen LogP contribution in [-0.2, 0) is 10.8 Å². The lowest BCUT2D eigenvalue weighted by atomic mass is 9.87. The Hall–Kier alpha value is -1.16. The lowest BCUT2D eigenvalue weighted by molar-refractivity contribution is 0.0696. The fourth-order valence-corrected chi connectivity index (χ4v) is 4.24. The molecule has 1 N–H and O–H groups in total. The molecular formula is C15H20O3S. The van der Waals surface area contributed by atoms with Crippen LogP contribution in [-0.4, -0.2) is 20.5 Å². The van der Waals surface area contributed by atoms with Gasteiger partial charge in [-0.15, -0.1) is 0 Å². The van der Waals surface area contributed by atoms with Crippen molar-refractivity contribution in [3.8, 4) is 0 Å². The molecule has 1 saturated carbocycles. The quantitative estimate of drug-likeness (QED) is 0.919. The van der Waals surface area contributed by atoms with E-state index in [1.54, 1.807) is 18.2 Å². The number of hydrogen-bond acceptors (Lipinski definition) is 2. The summed E-state index contributed by atoms with van der Waals surface area (Å²) in [5, 5.41) is 9.16. The topological polar surface area (TPSA) is 54.4 Å². The Morgan fingerprint density at radius 3 is 2.58 bits per heavy atom. The molecule has 0 radical (unpaired) electrons. The minimum absolute atomic E-state index is 0.187. The van der Waals surface area contributed by atoms with Crippen LogP contribution < -0.4 is 0 Å². The van der Waals surface area contributed by atoms with E-state index >= 15 is 0 Å². The van der Waals surface area contributed by atoms with E-state index in [-0.39, 0.29) is 10.8 Å². The van der Waals surface area contributed by atoms with Gasteiger partial charge in [-0.25, -0.2) is 4.79 Å². The minimum Gasteiger partial charge on any atom is -0.478 e. The van der Waals surface area contributed by atoms with Crippen LogP contribution in [0, 0.1) is 5.92 Å². The molecule has 104 valence electrons. The number of hydrogen-bond donors (Lipinski definition) is 1. The van der Waals surface area contributed by atoms with Crippen LogP contribution in [0.25, 0.3) is 0 Å². The molecule has 0 aliphatic heterocycles. The molecule has 1 unspecified atom stereocenters. The molecule has 1 aromatic rings. The van der Waals surface area contributed by atoms with Gasteiger partial charge < -0.3 is 5.11 Å². The zero-order valence-electron chi connectivity index (χ0n) is 11.2. The first kappa shape index (κ1) is 14.3. The van der Waals surface area contributed by atoms with Crippen LogP contribution in [0.3, 0.4) is 0 Å². The van der Waals surface area contributed by atoms with E-state index < -0.39 is 16.8 Å². The summed E-state index contributed by atoms with van der Waals surface area (Å²) in [6, 6.07) is 6.53. The van der Waals surface area contributed by atoms with Crippen molar-refractivity contribution in [3.05, 3.63) is 29.8 Å². The van der Waals surface area contributed by atoms with Crippen molar-refractivity contribution in [2.24, 2.45) is 5.92 Å². The third-order valence-corrected chi connectivity index (χ3v) is 5.78. The van der Waals surface area contributed by atoms with Gasteiger partial charge in [0, 0.05) is 10.1 Å². The summed E-state index contributed by atoms with van der Waals surface area (Å²) in [6.45, 7) is 2.21. The van der Waals surface area contributed by atoms with Gasteiger partial charge in [-0.05, 0) is 49.8 Å². The fraction of sp³-hybridized carbons (Fsp3) is 0.533. The normalized spacial score (nSPS) is 24.9. The van der Waals surface area contributed by atoms with E-state index in [9.17, 15) is 9.00 Å². The summed E-state index contributed by atoms with van der Waals surface area (Å²) >= 11 is 0. The molecule has 1 aliphatic carbocycles. The maximum absolute atomic E-state index is 12.5. The number of carboxylic acid groups (broad SMARTS) is 1. The average Bonchev–Trinajstić information content (AvgIpc) is 2.46. The van der Waals surface area contributed by atoms with E-state index in [0.29, 0.717) is 4.90 Å². The predicted octanol–water partition coefficient (Wildman–Crippen LogP) is 3.46. The number of aromatic carboxylic acids is 1. The van der Waals surface area contributed by atoms with Gasteiger partial charge in [0.2, 0.25) is 0 Å². The first-order valence-corrected chi connectivity index (χ1v) is 8.07. The highest BCUT2D eigenvalue weighted by Crippen LogP contribution is 2.31. The molecule has 1 fully saturated rings. The summed E-state index contributed by atoms with van der Waals surface area (Å²) in [7, 11) is -1.08. The van der Waals surface area contributed by atoms with Crippen LogP contribution in [0.4, 0.5) is 0 Å². The Balaban J connectivity index is 2.08. The first-order chi connectivity index (χ1) is 9.11. The van der Waals surface area contributed by atoms with Gasteiger partial charge in [0.1, 0.15) is 0 Å². The zero-order chi connectivity index (χ0) is 13.8. The summed E-state index contributed by atoms with van der Waals surface area (Å²) in [5.41, 5.74) is 0.216. The van der Waals surface area contributed by atoms with Crippen molar-refractivity contribution in [2.45, 2.75) is 49.2 Å². The molecule has 0 saturated heterocycles. The van der Waals surface area contributed by atoms with E-state index in [2.05, 4.69) is 6.92 Å². The monoisotopic (exact) mass is 280 g/mol. The molecule has 1 aliphatic rings. The lowest BCUT2D eigenvalue weighted by Gasteiger charge is -2.27. The molecule has 1 atom stereocenters. The van der Waals surface area contributed by atoms with Gasteiger partial charge in [-0.1, -0.05) is 19.4 Å². The number of carbonyl (C=O) groups is 1. The smallest absolute Gasteiger partial charge is 0.335 e. The summed E-state index contributed by atoms with van der Waals surface area (Å²) < 4.78 is 12.5. The molecule has 3 nitrogen and oxygen atoms in total. The second kappa shape index (κ2) is 6.33. The summed E-state index contributed by atoms with van der Waals surface area (Å²) in [5.74, 6) is -0.188. The van der Waals surface area contributed by atoms with Crippen molar-refractivity contribution in [3.63, 3.8) is 0 Å². The average molecular weight is 280 g/mol. The maximum atomic E-state index is 12.5. The largest absolute Gasteiger partial charge is 0.478 e. The maximum Gasteiger partial charge on any atom is 0.335 e. The van der Waals surface area contributed by atoms with Gasteiger partial charge in [0.15, 0.2) is 0 Å². The van der Waals surface area contributed by atoms with Crippen molar-refractivity contribution >= 4 is 16.8 Å². The molecule has 4 heteroatoms. The number of rotatable bonds is 4. The van der Waals surface area contributed by atoms with Gasteiger partial charge in [-0.2, -0.15) is 0 Å². The molecule has 2 rings (SSSR count). The highest BCUT2D eigenvalue weighted by molar-refractivity contribution is 7.85. The number of benzene rings is 1. The van der Waals surface area contributed by atoms with Crippen molar-refractivity contribution < 1.29 is 14.1 Å². The standard InChI is InChI=1S/C15H20O3S/c1-2-11-6-8-13(9-7-11)19(18)14-5-3-4-12(10-14)15(16)17/h3-5,10-11,13H,2,6-9H2,1H3,(H,16,17). The van der Waals surface area contributed by atoms with Gasteiger partial charge in [-0.3, -0.25) is 4.21 Å². The van der Waals surface area contributed by atoms with E-state index in [4.69, 9.17) is 5.11 Å². The van der Waals surface area contributed by atoms with Crippen LogP contribution >= 0.6 is 0 Å². The molecule has 0 spiro atoms. The Labute approximate surface area is 116 Å². The molecular weight excluding hydrogens is 260 g/mol. The molecule has 0 heterocycles. The second-order valence-corrected chi connectivity index (χ2v) is 6.91. The Morgan fingerprint density at radius 2 is 2.00 bits per heavy atom. The second-order valence-electron chi connectivity index (χ2n) is 5.18. The highest BCUT2D eigenvalue weighted by atomic mass is 32.2. The molecule has 1 aromatic carbocycles. The molecule has 19 heavy (non-hydrogen) atoms. The molecule has 0 aromatic heterocycles. The van der Waals surface area contributed by atoms with E-state index in [1.165, 1.54) is 12.5 Å². The summed E-state index contributed by atoms with van der Waals surface area (Å²) in [6.07, 6.45) is 5.47. The van der Waals surface area contributed by atoms with Crippen molar-refractivity contribution in [1.82, 2.24) is 0 Å². The van der Waals surface area contributed by atoms with Crippen molar-refractivity contribution in [1.29, 1.82) is 0 Å². The van der Waals surface area contributed by atoms with Gasteiger partial charge >= 0.3 is 5.97 Å². The fourth-order valence-electron chi connectivity index (χ4n) is 2.70.